The van der Waals surface area contributed by atoms with Crippen molar-refractivity contribution in [2.45, 2.75) is 23.2 Å². The number of rotatable bonds is 6. The number of anilines is 1. The molecule has 3 rings (SSSR count). The number of halogens is 1. The number of nitrogens with zero attached hydrogens (tertiary/aromatic N) is 1. The van der Waals surface area contributed by atoms with Crippen LogP contribution in [0.5, 0.6) is 0 Å². The predicted octanol–water partition coefficient (Wildman–Crippen LogP) is 3.28. The van der Waals surface area contributed by atoms with E-state index in [4.69, 9.17) is 0 Å². The Bertz CT molecular complexity index is 922. The molecule has 0 atom stereocenters. The van der Waals surface area contributed by atoms with Gasteiger partial charge in [-0.1, -0.05) is 18.2 Å². The zero-order valence-corrected chi connectivity index (χ0v) is 14.3. The van der Waals surface area contributed by atoms with Crippen LogP contribution in [0, 0.1) is 15.9 Å². The Hall–Kier alpha value is -2.48. The molecule has 0 bridgehead atoms. The maximum absolute atomic E-state index is 13.1. The van der Waals surface area contributed by atoms with Gasteiger partial charge < -0.3 is 5.32 Å². The summed E-state index contributed by atoms with van der Waals surface area (Å²) in [6.07, 6.45) is 2.70. The Kier molecular flexibility index (Phi) is 4.24. The van der Waals surface area contributed by atoms with Gasteiger partial charge in [-0.3, -0.25) is 10.1 Å². The third kappa shape index (κ3) is 3.48. The maximum Gasteiger partial charge on any atom is 0.310 e. The van der Waals surface area contributed by atoms with Crippen LogP contribution in [0.3, 0.4) is 0 Å². The van der Waals surface area contributed by atoms with Crippen LogP contribution in [-0.2, 0) is 15.3 Å². The molecular formula is C17H17FN2O4S. The van der Waals surface area contributed by atoms with Crippen LogP contribution >= 0.6 is 0 Å². The van der Waals surface area contributed by atoms with E-state index >= 15 is 0 Å². The second kappa shape index (κ2) is 6.11. The second-order valence-corrected chi connectivity index (χ2v) is 8.31. The Morgan fingerprint density at radius 2 is 1.84 bits per heavy atom. The lowest BCUT2D eigenvalue weighted by atomic mass is 9.96. The van der Waals surface area contributed by atoms with Gasteiger partial charge in [-0.15, -0.1) is 0 Å². The molecule has 0 amide bonds. The first-order valence-electron chi connectivity index (χ1n) is 7.70. The average Bonchev–Trinajstić information content (AvgIpc) is 3.33. The number of benzene rings is 2. The van der Waals surface area contributed by atoms with Crippen LogP contribution in [0.4, 0.5) is 15.8 Å². The predicted molar refractivity (Wildman–Crippen MR) is 92.0 cm³/mol. The standard InChI is InChI=1S/C17H17FN2O4S/c1-25(23,24)15-4-2-3-14(16(15)20(21)22)19-11-17(9-10-17)12-5-7-13(18)8-6-12/h2-8,19H,9-11H2,1H3. The summed E-state index contributed by atoms with van der Waals surface area (Å²) in [4.78, 5) is 10.4. The number of hydrogen-bond donors (Lipinski definition) is 1. The van der Waals surface area contributed by atoms with Crippen LogP contribution in [-0.4, -0.2) is 26.1 Å². The molecule has 2 aromatic carbocycles. The molecule has 0 spiro atoms. The minimum absolute atomic E-state index is 0.168. The smallest absolute Gasteiger partial charge is 0.310 e. The monoisotopic (exact) mass is 364 g/mol. The number of para-hydroxylation sites is 1. The van der Waals surface area contributed by atoms with Crippen LogP contribution < -0.4 is 5.32 Å². The highest BCUT2D eigenvalue weighted by atomic mass is 32.2. The number of hydrogen-bond acceptors (Lipinski definition) is 5. The normalized spacial score (nSPS) is 15.6. The van der Waals surface area contributed by atoms with E-state index in [1.165, 1.54) is 30.3 Å². The fourth-order valence-electron chi connectivity index (χ4n) is 2.94. The van der Waals surface area contributed by atoms with Gasteiger partial charge in [-0.25, -0.2) is 12.8 Å². The van der Waals surface area contributed by atoms with Crippen molar-refractivity contribution in [1.29, 1.82) is 0 Å². The van der Waals surface area contributed by atoms with E-state index in [0.29, 0.717) is 6.54 Å². The Balaban J connectivity index is 1.89. The van der Waals surface area contributed by atoms with Gasteiger partial charge in [0.15, 0.2) is 9.84 Å². The molecule has 0 aromatic heterocycles. The number of nitro groups is 1. The molecule has 25 heavy (non-hydrogen) atoms. The quantitative estimate of drug-likeness (QED) is 0.628. The molecule has 1 N–H and O–H groups in total. The van der Waals surface area contributed by atoms with Crippen molar-refractivity contribution in [3.63, 3.8) is 0 Å². The maximum atomic E-state index is 13.1. The molecule has 1 aliphatic carbocycles. The van der Waals surface area contributed by atoms with E-state index < -0.39 is 20.4 Å². The molecule has 0 saturated heterocycles. The molecule has 0 heterocycles. The zero-order chi connectivity index (χ0) is 18.2. The summed E-state index contributed by atoms with van der Waals surface area (Å²) in [6, 6.07) is 10.4. The first-order chi connectivity index (χ1) is 11.7. The van der Waals surface area contributed by atoms with Gasteiger partial charge in [0, 0.05) is 18.2 Å². The molecule has 1 saturated carbocycles. The van der Waals surface area contributed by atoms with Crippen molar-refractivity contribution in [2.24, 2.45) is 0 Å². The minimum Gasteiger partial charge on any atom is -0.379 e. The van der Waals surface area contributed by atoms with Crippen LogP contribution in [0.2, 0.25) is 0 Å². The van der Waals surface area contributed by atoms with Gasteiger partial charge in [-0.05, 0) is 42.7 Å². The molecule has 1 aliphatic rings. The molecule has 1 fully saturated rings. The van der Waals surface area contributed by atoms with E-state index in [9.17, 15) is 22.9 Å². The Morgan fingerprint density at radius 1 is 1.20 bits per heavy atom. The first kappa shape index (κ1) is 17.3. The van der Waals surface area contributed by atoms with E-state index in [1.807, 2.05) is 0 Å². The van der Waals surface area contributed by atoms with E-state index in [-0.39, 0.29) is 21.8 Å². The molecule has 8 heteroatoms. The lowest BCUT2D eigenvalue weighted by molar-refractivity contribution is -0.386. The zero-order valence-electron chi connectivity index (χ0n) is 13.5. The van der Waals surface area contributed by atoms with Crippen molar-refractivity contribution in [2.75, 3.05) is 18.1 Å². The minimum atomic E-state index is -3.72. The molecule has 132 valence electrons. The average molecular weight is 364 g/mol. The van der Waals surface area contributed by atoms with Crippen molar-refractivity contribution in [3.05, 3.63) is 64.0 Å². The summed E-state index contributed by atoms with van der Waals surface area (Å²) in [5, 5.41) is 14.4. The summed E-state index contributed by atoms with van der Waals surface area (Å²) in [5.74, 6) is -0.316. The molecule has 2 aromatic rings. The molecule has 0 unspecified atom stereocenters. The summed E-state index contributed by atoms with van der Waals surface area (Å²) >= 11 is 0. The summed E-state index contributed by atoms with van der Waals surface area (Å²) in [5.41, 5.74) is 0.479. The van der Waals surface area contributed by atoms with Crippen LogP contribution in [0.1, 0.15) is 18.4 Å². The van der Waals surface area contributed by atoms with E-state index in [0.717, 1.165) is 24.7 Å². The lowest BCUT2D eigenvalue weighted by Gasteiger charge is -2.18. The molecule has 6 nitrogen and oxygen atoms in total. The number of nitro benzene ring substituents is 1. The highest BCUT2D eigenvalue weighted by Gasteiger charge is 2.44. The fraction of sp³-hybridized carbons (Fsp3) is 0.294. The molecule has 0 radical (unpaired) electrons. The summed E-state index contributed by atoms with van der Waals surface area (Å²) in [6.45, 7) is 0.409. The number of nitrogens with one attached hydrogen (secondary N) is 1. The third-order valence-corrected chi connectivity index (χ3v) is 5.64. The van der Waals surface area contributed by atoms with Gasteiger partial charge >= 0.3 is 5.69 Å². The second-order valence-electron chi connectivity index (χ2n) is 6.32. The van der Waals surface area contributed by atoms with E-state index in [1.54, 1.807) is 12.1 Å². The first-order valence-corrected chi connectivity index (χ1v) is 9.59. The van der Waals surface area contributed by atoms with Crippen molar-refractivity contribution in [3.8, 4) is 0 Å². The van der Waals surface area contributed by atoms with Crippen LogP contribution in [0.25, 0.3) is 0 Å². The van der Waals surface area contributed by atoms with Crippen molar-refractivity contribution in [1.82, 2.24) is 0 Å². The van der Waals surface area contributed by atoms with Gasteiger partial charge in [0.05, 0.1) is 4.92 Å². The highest BCUT2D eigenvalue weighted by Crippen LogP contribution is 2.48. The Morgan fingerprint density at radius 3 is 2.36 bits per heavy atom. The van der Waals surface area contributed by atoms with Gasteiger partial charge in [-0.2, -0.15) is 0 Å². The van der Waals surface area contributed by atoms with E-state index in [2.05, 4.69) is 5.32 Å². The topological polar surface area (TPSA) is 89.3 Å². The summed E-state index contributed by atoms with van der Waals surface area (Å²) < 4.78 is 36.7. The lowest BCUT2D eigenvalue weighted by Crippen LogP contribution is -2.20. The van der Waals surface area contributed by atoms with Crippen LogP contribution in [0.15, 0.2) is 47.4 Å². The van der Waals surface area contributed by atoms with Crippen molar-refractivity contribution < 1.29 is 17.7 Å². The molecule has 0 aliphatic heterocycles. The van der Waals surface area contributed by atoms with Crippen molar-refractivity contribution >= 4 is 21.2 Å². The third-order valence-electron chi connectivity index (χ3n) is 4.51. The van der Waals surface area contributed by atoms with Gasteiger partial charge in [0.25, 0.3) is 0 Å². The highest BCUT2D eigenvalue weighted by molar-refractivity contribution is 7.90. The van der Waals surface area contributed by atoms with Gasteiger partial charge in [0.1, 0.15) is 16.4 Å². The SMILES string of the molecule is CS(=O)(=O)c1cccc(NCC2(c3ccc(F)cc3)CC2)c1[N+](=O)[O-]. The largest absolute Gasteiger partial charge is 0.379 e. The fourth-order valence-corrected chi connectivity index (χ4v) is 3.80. The summed E-state index contributed by atoms with van der Waals surface area (Å²) in [7, 11) is -3.72. The van der Waals surface area contributed by atoms with Gasteiger partial charge in [0.2, 0.25) is 0 Å². The Labute approximate surface area is 144 Å². The molecular weight excluding hydrogens is 347 g/mol. The number of sulfone groups is 1.